The first-order valence-electron chi connectivity index (χ1n) is 12.7. The fraction of sp³-hybridized carbons (Fsp3) is 0.556. The summed E-state index contributed by atoms with van der Waals surface area (Å²) in [5.41, 5.74) is 1.19. The van der Waals surface area contributed by atoms with Crippen LogP contribution in [0.5, 0.6) is 5.75 Å². The van der Waals surface area contributed by atoms with Crippen LogP contribution in [0.2, 0.25) is 0 Å². The highest BCUT2D eigenvalue weighted by Gasteiger charge is 2.47. The van der Waals surface area contributed by atoms with Gasteiger partial charge in [0, 0.05) is 18.5 Å². The molecule has 38 heavy (non-hydrogen) atoms. The van der Waals surface area contributed by atoms with Crippen LogP contribution in [0, 0.1) is 5.41 Å². The van der Waals surface area contributed by atoms with E-state index < -0.39 is 47.7 Å². The van der Waals surface area contributed by atoms with Gasteiger partial charge in [0.2, 0.25) is 5.91 Å². The molecule has 1 N–H and O–H groups in total. The number of ether oxygens (including phenoxy) is 4. The van der Waals surface area contributed by atoms with Crippen molar-refractivity contribution in [1.29, 1.82) is 0 Å². The molecular formula is C27H35N3O8. The van der Waals surface area contributed by atoms with Gasteiger partial charge in [-0.1, -0.05) is 45.1 Å². The first-order chi connectivity index (χ1) is 18.1. The van der Waals surface area contributed by atoms with Crippen molar-refractivity contribution < 1.29 is 38.1 Å². The van der Waals surface area contributed by atoms with Gasteiger partial charge in [0.25, 0.3) is 0 Å². The molecular weight excluding hydrogens is 494 g/mol. The minimum atomic E-state index is -0.988. The largest absolute Gasteiger partial charge is 0.489 e. The van der Waals surface area contributed by atoms with Crippen molar-refractivity contribution in [3.05, 3.63) is 41.5 Å². The van der Waals surface area contributed by atoms with Gasteiger partial charge in [0.05, 0.1) is 26.8 Å². The lowest BCUT2D eigenvalue weighted by Gasteiger charge is -2.34. The standard InChI is InChI=1S/C27H35N3O8/c1-27(2,3)22-23(31)30-15-18(13-20(30)24(32)35-4)38-26(34)29-14-17-9-8-10-21(19(17)16-29)36-11-6-5-7-12-37-25(33)28-22/h5-6,8-10,18,20,22H,7,11-16H2,1-4H3,(H,28,33)/t18-,20?,22-/m1/s1. The lowest BCUT2D eigenvalue weighted by Crippen LogP contribution is -2.57. The molecule has 1 unspecified atom stereocenters. The van der Waals surface area contributed by atoms with E-state index in [1.54, 1.807) is 25.7 Å². The second-order valence-corrected chi connectivity index (χ2v) is 10.7. The summed E-state index contributed by atoms with van der Waals surface area (Å²) in [7, 11) is 1.24. The minimum Gasteiger partial charge on any atom is -0.489 e. The minimum absolute atomic E-state index is 0.00636. The van der Waals surface area contributed by atoms with Crippen LogP contribution in [0.3, 0.4) is 0 Å². The number of fused-ring (bicyclic) bond motifs is 3. The summed E-state index contributed by atoms with van der Waals surface area (Å²) in [6.45, 7) is 6.54. The van der Waals surface area contributed by atoms with Crippen LogP contribution < -0.4 is 10.1 Å². The monoisotopic (exact) mass is 529 g/mol. The summed E-state index contributed by atoms with van der Waals surface area (Å²) < 4.78 is 21.9. The maximum Gasteiger partial charge on any atom is 0.410 e. The summed E-state index contributed by atoms with van der Waals surface area (Å²) in [5, 5.41) is 2.66. The number of methoxy groups -OCH3 is 1. The van der Waals surface area contributed by atoms with Crippen LogP contribution in [0.1, 0.15) is 44.7 Å². The fourth-order valence-electron chi connectivity index (χ4n) is 4.88. The Morgan fingerprint density at radius 2 is 1.89 bits per heavy atom. The number of hydrogen-bond donors (Lipinski definition) is 1. The number of alkyl carbamates (subject to hydrolysis) is 1. The average molecular weight is 530 g/mol. The molecule has 1 aromatic rings. The van der Waals surface area contributed by atoms with Crippen molar-refractivity contribution in [3.8, 4) is 5.75 Å². The zero-order valence-electron chi connectivity index (χ0n) is 22.2. The lowest BCUT2D eigenvalue weighted by atomic mass is 9.85. The van der Waals surface area contributed by atoms with Crippen molar-refractivity contribution in [3.63, 3.8) is 0 Å². The summed E-state index contributed by atoms with van der Waals surface area (Å²) in [6.07, 6.45) is 2.23. The van der Waals surface area contributed by atoms with Crippen LogP contribution in [0.4, 0.5) is 9.59 Å². The number of cyclic esters (lactones) is 1. The Bertz CT molecular complexity index is 1110. The van der Waals surface area contributed by atoms with Gasteiger partial charge in [-0.25, -0.2) is 14.4 Å². The maximum absolute atomic E-state index is 13.7. The third kappa shape index (κ3) is 6.03. The van der Waals surface area contributed by atoms with Gasteiger partial charge in [0.1, 0.15) is 30.5 Å². The molecule has 4 rings (SSSR count). The summed E-state index contributed by atoms with van der Waals surface area (Å²) >= 11 is 0. The van der Waals surface area contributed by atoms with E-state index in [1.165, 1.54) is 12.0 Å². The second kappa shape index (κ2) is 11.3. The first-order valence-corrected chi connectivity index (χ1v) is 12.7. The van der Waals surface area contributed by atoms with Crippen LogP contribution >= 0.6 is 0 Å². The lowest BCUT2D eigenvalue weighted by molar-refractivity contribution is -0.152. The highest BCUT2D eigenvalue weighted by atomic mass is 16.6. The van der Waals surface area contributed by atoms with Crippen molar-refractivity contribution in [2.24, 2.45) is 5.41 Å². The van der Waals surface area contributed by atoms with Gasteiger partial charge in [-0.2, -0.15) is 0 Å². The Balaban J connectivity index is 1.60. The molecule has 3 aliphatic heterocycles. The Hall–Kier alpha value is -3.76. The molecule has 0 saturated carbocycles. The topological polar surface area (TPSA) is 124 Å². The number of hydrogen-bond acceptors (Lipinski definition) is 8. The molecule has 0 aromatic heterocycles. The van der Waals surface area contributed by atoms with E-state index in [2.05, 4.69) is 5.32 Å². The molecule has 206 valence electrons. The quantitative estimate of drug-likeness (QED) is 0.335. The number of amides is 3. The average Bonchev–Trinajstić information content (AvgIpc) is 3.49. The highest BCUT2D eigenvalue weighted by molar-refractivity contribution is 5.91. The van der Waals surface area contributed by atoms with Crippen molar-refractivity contribution in [2.45, 2.75) is 64.9 Å². The van der Waals surface area contributed by atoms with E-state index in [9.17, 15) is 19.2 Å². The van der Waals surface area contributed by atoms with Crippen molar-refractivity contribution in [2.75, 3.05) is 26.9 Å². The van der Waals surface area contributed by atoms with E-state index >= 15 is 0 Å². The molecule has 3 amide bonds. The predicted octanol–water partition coefficient (Wildman–Crippen LogP) is 2.76. The van der Waals surface area contributed by atoms with Crippen molar-refractivity contribution >= 4 is 24.1 Å². The summed E-state index contributed by atoms with van der Waals surface area (Å²) in [4.78, 5) is 54.8. The smallest absolute Gasteiger partial charge is 0.410 e. The number of rotatable bonds is 1. The van der Waals surface area contributed by atoms with Crippen LogP contribution in [-0.2, 0) is 36.9 Å². The third-order valence-electron chi connectivity index (χ3n) is 6.88. The number of nitrogens with one attached hydrogen (secondary N) is 1. The van der Waals surface area contributed by atoms with Crippen LogP contribution in [-0.4, -0.2) is 78.9 Å². The van der Waals surface area contributed by atoms with Gasteiger partial charge >= 0.3 is 18.2 Å². The number of carbonyl (C=O) groups excluding carboxylic acids is 4. The normalized spacial score (nSPS) is 24.7. The van der Waals surface area contributed by atoms with Gasteiger partial charge in [-0.3, -0.25) is 9.69 Å². The molecule has 0 spiro atoms. The molecule has 11 nitrogen and oxygen atoms in total. The zero-order chi connectivity index (χ0) is 27.4. The molecule has 0 aliphatic carbocycles. The molecule has 3 aliphatic rings. The maximum atomic E-state index is 13.7. The Morgan fingerprint density at radius 3 is 2.63 bits per heavy atom. The fourth-order valence-corrected chi connectivity index (χ4v) is 4.88. The molecule has 1 fully saturated rings. The number of esters is 1. The number of carbonyl (C=O) groups is 4. The second-order valence-electron chi connectivity index (χ2n) is 10.7. The van der Waals surface area contributed by atoms with Gasteiger partial charge in [0.15, 0.2) is 0 Å². The van der Waals surface area contributed by atoms with E-state index in [1.807, 2.05) is 30.4 Å². The molecule has 1 aromatic carbocycles. The molecule has 1 saturated heterocycles. The van der Waals surface area contributed by atoms with Gasteiger partial charge in [-0.05, 0) is 23.5 Å². The molecule has 3 atom stereocenters. The van der Waals surface area contributed by atoms with Gasteiger partial charge < -0.3 is 29.2 Å². The highest BCUT2D eigenvalue weighted by Crippen LogP contribution is 2.33. The Morgan fingerprint density at radius 1 is 1.11 bits per heavy atom. The Kier molecular flexibility index (Phi) is 8.13. The zero-order valence-corrected chi connectivity index (χ0v) is 22.2. The molecule has 0 radical (unpaired) electrons. The van der Waals surface area contributed by atoms with E-state index in [-0.39, 0.29) is 19.6 Å². The molecule has 4 bridgehead atoms. The summed E-state index contributed by atoms with van der Waals surface area (Å²) in [6, 6.07) is 3.73. The Labute approximate surface area is 222 Å². The molecule has 3 heterocycles. The number of benzene rings is 1. The summed E-state index contributed by atoms with van der Waals surface area (Å²) in [5.74, 6) is -0.412. The van der Waals surface area contributed by atoms with E-state index in [4.69, 9.17) is 18.9 Å². The van der Waals surface area contributed by atoms with E-state index in [0.717, 1.165) is 11.1 Å². The number of nitrogens with zero attached hydrogens (tertiary/aromatic N) is 2. The molecule has 11 heteroatoms. The van der Waals surface area contributed by atoms with Crippen LogP contribution in [0.15, 0.2) is 30.4 Å². The van der Waals surface area contributed by atoms with Crippen LogP contribution in [0.25, 0.3) is 0 Å². The first kappa shape index (κ1) is 27.3. The van der Waals surface area contributed by atoms with Crippen molar-refractivity contribution in [1.82, 2.24) is 15.1 Å². The van der Waals surface area contributed by atoms with Gasteiger partial charge in [-0.15, -0.1) is 0 Å². The predicted molar refractivity (Wildman–Crippen MR) is 135 cm³/mol. The van der Waals surface area contributed by atoms with E-state index in [0.29, 0.717) is 31.9 Å². The SMILES string of the molecule is COC(=O)C1C[C@@H]2CN1C(=O)[C@H](C(C)(C)C)NC(=O)OCCC=CCOc1cccc3c1CN(C3)C(=O)O2. The third-order valence-corrected chi connectivity index (χ3v) is 6.88.